The molecule has 2 saturated heterocycles. The number of hydrogen-bond acceptors (Lipinski definition) is 6. The van der Waals surface area contributed by atoms with Gasteiger partial charge < -0.3 is 20.4 Å². The molecule has 0 spiro atoms. The maximum Gasteiger partial charge on any atom is 0.318 e. The molecule has 4 unspecified atom stereocenters. The van der Waals surface area contributed by atoms with Crippen LogP contribution in [0.15, 0.2) is 53.2 Å². The Balaban J connectivity index is 1.72. The lowest BCUT2D eigenvalue weighted by atomic mass is 9.79. The molecule has 2 fully saturated rings. The van der Waals surface area contributed by atoms with Gasteiger partial charge >= 0.3 is 6.03 Å². The van der Waals surface area contributed by atoms with Crippen LogP contribution >= 0.6 is 34.3 Å². The molecule has 10 heteroatoms. The topological polar surface area (TPSA) is 81.8 Å². The van der Waals surface area contributed by atoms with E-state index < -0.39 is 23.9 Å². The number of Topliss-reactive ketones (excluding diaryl/α,β-unsaturated/α-hetero) is 1. The molecule has 3 aromatic rings. The Bertz CT molecular complexity index is 1300. The normalized spacial score (nSPS) is 23.4. The van der Waals surface area contributed by atoms with E-state index in [-0.39, 0.29) is 17.7 Å². The number of nitrogens with one attached hydrogen (secondary N) is 2. The fourth-order valence-electron chi connectivity index (χ4n) is 5.68. The Morgan fingerprint density at radius 2 is 1.87 bits per heavy atom. The molecule has 5 rings (SSSR count). The molecule has 38 heavy (non-hydrogen) atoms. The second-order valence-electron chi connectivity index (χ2n) is 9.62. The van der Waals surface area contributed by atoms with Gasteiger partial charge in [-0.3, -0.25) is 9.59 Å². The van der Waals surface area contributed by atoms with E-state index in [9.17, 15) is 14.4 Å². The molecular weight excluding hydrogens is 540 g/mol. The molecule has 4 atom stereocenters. The van der Waals surface area contributed by atoms with Gasteiger partial charge in [0.2, 0.25) is 5.91 Å². The predicted octanol–water partition coefficient (Wildman–Crippen LogP) is 4.94. The van der Waals surface area contributed by atoms with Gasteiger partial charge in [0.15, 0.2) is 5.78 Å². The highest BCUT2D eigenvalue weighted by molar-refractivity contribution is 7.10. The number of piperazine rings is 1. The van der Waals surface area contributed by atoms with Gasteiger partial charge in [0.1, 0.15) is 6.04 Å². The number of nitrogens with zero attached hydrogens (tertiary/aromatic N) is 2. The van der Waals surface area contributed by atoms with Gasteiger partial charge in [-0.25, -0.2) is 4.79 Å². The van der Waals surface area contributed by atoms with Gasteiger partial charge in [-0.05, 0) is 54.4 Å². The summed E-state index contributed by atoms with van der Waals surface area (Å²) in [5.41, 5.74) is 1.48. The van der Waals surface area contributed by atoms with Crippen molar-refractivity contribution >= 4 is 52.0 Å². The van der Waals surface area contributed by atoms with E-state index in [0.717, 1.165) is 15.3 Å². The van der Waals surface area contributed by atoms with Crippen molar-refractivity contribution in [1.82, 2.24) is 20.4 Å². The number of likely N-dealkylation sites (tertiary alicyclic amines) is 1. The zero-order valence-electron chi connectivity index (χ0n) is 21.4. The first-order valence-electron chi connectivity index (χ1n) is 12.8. The minimum Gasteiger partial charge on any atom is -0.338 e. The van der Waals surface area contributed by atoms with Crippen molar-refractivity contribution in [3.05, 3.63) is 79.1 Å². The van der Waals surface area contributed by atoms with Crippen LogP contribution < -0.4 is 10.6 Å². The van der Waals surface area contributed by atoms with Crippen LogP contribution in [0.3, 0.4) is 0 Å². The third-order valence-corrected chi connectivity index (χ3v) is 9.66. The number of carbonyl (C=O) groups is 3. The van der Waals surface area contributed by atoms with Gasteiger partial charge in [-0.2, -0.15) is 0 Å². The van der Waals surface area contributed by atoms with Gasteiger partial charge in [-0.1, -0.05) is 29.8 Å². The average molecular weight is 571 g/mol. The maximum absolute atomic E-state index is 14.4. The first-order chi connectivity index (χ1) is 18.4. The molecule has 7 nitrogen and oxygen atoms in total. The second kappa shape index (κ2) is 11.6. The highest BCUT2D eigenvalue weighted by Crippen LogP contribution is 2.54. The summed E-state index contributed by atoms with van der Waals surface area (Å²) >= 11 is 9.35. The molecule has 2 aliphatic heterocycles. The Hall–Kier alpha value is -2.72. The lowest BCUT2D eigenvalue weighted by Gasteiger charge is -2.36. The number of halogens is 1. The Labute approximate surface area is 235 Å². The SMILES string of the molecule is CCNC(=O)N1C(C(=O)N2CCNCC2)C(c2cccs2)C(C(=O)c2cccc(Cl)c2)C1c1sccc1C. The molecule has 3 amide bonds. The van der Waals surface area contributed by atoms with E-state index >= 15 is 0 Å². The molecule has 200 valence electrons. The number of urea groups is 1. The molecule has 0 bridgehead atoms. The molecule has 2 N–H and O–H groups in total. The van der Waals surface area contributed by atoms with Crippen LogP contribution in [0.25, 0.3) is 0 Å². The average Bonchev–Trinajstić information content (AvgIpc) is 3.67. The number of ketones is 1. The van der Waals surface area contributed by atoms with Crippen molar-refractivity contribution in [1.29, 1.82) is 0 Å². The highest BCUT2D eigenvalue weighted by Gasteiger charge is 2.59. The van der Waals surface area contributed by atoms with E-state index in [2.05, 4.69) is 10.6 Å². The van der Waals surface area contributed by atoms with Crippen molar-refractivity contribution in [2.45, 2.75) is 31.8 Å². The summed E-state index contributed by atoms with van der Waals surface area (Å²) in [6.07, 6.45) is 0. The summed E-state index contributed by atoms with van der Waals surface area (Å²) in [5.74, 6) is -1.40. The smallest absolute Gasteiger partial charge is 0.318 e. The summed E-state index contributed by atoms with van der Waals surface area (Å²) in [6, 6.07) is 11.1. The number of aryl methyl sites for hydroxylation is 1. The summed E-state index contributed by atoms with van der Waals surface area (Å²) < 4.78 is 0. The first-order valence-corrected chi connectivity index (χ1v) is 15.0. The van der Waals surface area contributed by atoms with Crippen molar-refractivity contribution in [3.63, 3.8) is 0 Å². The number of thiophene rings is 2. The Morgan fingerprint density at radius 1 is 1.08 bits per heavy atom. The number of carbonyl (C=O) groups excluding carboxylic acids is 3. The fourth-order valence-corrected chi connectivity index (χ4v) is 7.85. The first kappa shape index (κ1) is 26.9. The van der Waals surface area contributed by atoms with Crippen LogP contribution in [-0.2, 0) is 4.79 Å². The van der Waals surface area contributed by atoms with E-state index in [1.165, 1.54) is 22.7 Å². The fraction of sp³-hybridized carbons (Fsp3) is 0.393. The maximum atomic E-state index is 14.4. The summed E-state index contributed by atoms with van der Waals surface area (Å²) in [7, 11) is 0. The van der Waals surface area contributed by atoms with Crippen LogP contribution in [0, 0.1) is 12.8 Å². The minimum absolute atomic E-state index is 0.114. The van der Waals surface area contributed by atoms with Gasteiger partial charge in [0, 0.05) is 59.0 Å². The molecule has 2 aromatic heterocycles. The second-order valence-corrected chi connectivity index (χ2v) is 12.0. The minimum atomic E-state index is -0.821. The van der Waals surface area contributed by atoms with Gasteiger partial charge in [0.05, 0.1) is 12.0 Å². The van der Waals surface area contributed by atoms with E-state index in [0.29, 0.717) is 43.3 Å². The van der Waals surface area contributed by atoms with E-state index in [4.69, 9.17) is 11.6 Å². The third kappa shape index (κ3) is 5.00. The van der Waals surface area contributed by atoms with Crippen molar-refractivity contribution in [2.75, 3.05) is 32.7 Å². The Morgan fingerprint density at radius 3 is 2.50 bits per heavy atom. The standard InChI is InChI=1S/C28H31ClN4O3S2/c1-3-31-28(36)33-23(26-17(2)9-15-38-26)22(25(34)18-6-4-7-19(29)16-18)21(20-8-5-14-37-20)24(33)27(35)32-12-10-30-11-13-32/h4-9,14-16,21-24,30H,3,10-13H2,1-2H3,(H,31,36). The molecule has 4 heterocycles. The number of hydrogen-bond donors (Lipinski definition) is 2. The van der Waals surface area contributed by atoms with Crippen LogP contribution in [0.2, 0.25) is 5.02 Å². The van der Waals surface area contributed by atoms with E-state index in [1.54, 1.807) is 29.2 Å². The lowest BCUT2D eigenvalue weighted by molar-refractivity contribution is -0.136. The summed E-state index contributed by atoms with van der Waals surface area (Å²) in [4.78, 5) is 48.0. The van der Waals surface area contributed by atoms with Crippen LogP contribution in [0.5, 0.6) is 0 Å². The molecule has 1 aromatic carbocycles. The quantitative estimate of drug-likeness (QED) is 0.411. The van der Waals surface area contributed by atoms with Crippen molar-refractivity contribution in [2.24, 2.45) is 5.92 Å². The van der Waals surface area contributed by atoms with Crippen LogP contribution in [0.4, 0.5) is 4.79 Å². The molecule has 0 saturated carbocycles. The summed E-state index contributed by atoms with van der Waals surface area (Å²) in [6.45, 7) is 6.78. The zero-order valence-corrected chi connectivity index (χ0v) is 23.7. The number of rotatable bonds is 6. The van der Waals surface area contributed by atoms with Crippen LogP contribution in [0.1, 0.15) is 44.6 Å². The molecular formula is C28H31ClN4O3S2. The Kier molecular flexibility index (Phi) is 8.18. The third-order valence-electron chi connectivity index (χ3n) is 7.36. The van der Waals surface area contributed by atoms with Gasteiger partial charge in [-0.15, -0.1) is 22.7 Å². The monoisotopic (exact) mass is 570 g/mol. The highest BCUT2D eigenvalue weighted by atomic mass is 35.5. The van der Waals surface area contributed by atoms with E-state index in [1.807, 2.05) is 47.7 Å². The number of benzene rings is 1. The molecule has 0 radical (unpaired) electrons. The van der Waals surface area contributed by atoms with Crippen LogP contribution in [-0.4, -0.2) is 66.3 Å². The predicted molar refractivity (Wildman–Crippen MR) is 152 cm³/mol. The van der Waals surface area contributed by atoms with Gasteiger partial charge in [0.25, 0.3) is 0 Å². The number of amides is 3. The lowest BCUT2D eigenvalue weighted by Crippen LogP contribution is -2.56. The summed E-state index contributed by atoms with van der Waals surface area (Å²) in [5, 5.41) is 10.6. The molecule has 0 aliphatic carbocycles. The molecule has 2 aliphatic rings. The largest absolute Gasteiger partial charge is 0.338 e. The van der Waals surface area contributed by atoms with Crippen molar-refractivity contribution in [3.8, 4) is 0 Å². The zero-order chi connectivity index (χ0) is 26.8. The van der Waals surface area contributed by atoms with Crippen molar-refractivity contribution < 1.29 is 14.4 Å².